The number of likely N-dealkylation sites (tertiary alicyclic amines) is 1. The summed E-state index contributed by atoms with van der Waals surface area (Å²) in [7, 11) is 0. The van der Waals surface area contributed by atoms with E-state index in [9.17, 15) is 4.79 Å². The third-order valence-corrected chi connectivity index (χ3v) is 3.62. The molecule has 2 fully saturated rings. The SMILES string of the molecule is O=C(c1cnc[nH]1)N1CC2CCCNC2C1. The molecule has 2 atom stereocenters. The van der Waals surface area contributed by atoms with Crippen LogP contribution in [0.3, 0.4) is 0 Å². The molecule has 86 valence electrons. The lowest BCUT2D eigenvalue weighted by atomic mass is 9.94. The van der Waals surface area contributed by atoms with Crippen LogP contribution in [-0.2, 0) is 0 Å². The van der Waals surface area contributed by atoms with Crippen LogP contribution in [0, 0.1) is 5.92 Å². The summed E-state index contributed by atoms with van der Waals surface area (Å²) in [5, 5.41) is 3.49. The molecule has 0 radical (unpaired) electrons. The number of piperidine rings is 1. The van der Waals surface area contributed by atoms with E-state index in [0.29, 0.717) is 17.7 Å². The molecule has 0 aliphatic carbocycles. The maximum Gasteiger partial charge on any atom is 0.271 e. The smallest absolute Gasteiger partial charge is 0.271 e. The Morgan fingerprint density at radius 2 is 2.44 bits per heavy atom. The van der Waals surface area contributed by atoms with Crippen LogP contribution in [0.5, 0.6) is 0 Å². The van der Waals surface area contributed by atoms with Gasteiger partial charge >= 0.3 is 0 Å². The van der Waals surface area contributed by atoms with Crippen molar-refractivity contribution in [1.29, 1.82) is 0 Å². The van der Waals surface area contributed by atoms with Gasteiger partial charge in [0.25, 0.3) is 5.91 Å². The number of H-pyrrole nitrogens is 1. The number of fused-ring (bicyclic) bond motifs is 1. The van der Waals surface area contributed by atoms with Crippen molar-refractivity contribution in [2.24, 2.45) is 5.92 Å². The average molecular weight is 220 g/mol. The zero-order valence-corrected chi connectivity index (χ0v) is 9.15. The fourth-order valence-electron chi connectivity index (χ4n) is 2.76. The molecule has 5 heteroatoms. The maximum atomic E-state index is 12.1. The van der Waals surface area contributed by atoms with Crippen LogP contribution in [0.4, 0.5) is 0 Å². The summed E-state index contributed by atoms with van der Waals surface area (Å²) in [6, 6.07) is 0.501. The molecule has 2 N–H and O–H groups in total. The number of aromatic amines is 1. The first kappa shape index (κ1) is 9.84. The second-order valence-electron chi connectivity index (χ2n) is 4.64. The molecule has 2 aliphatic rings. The molecule has 2 saturated heterocycles. The van der Waals surface area contributed by atoms with Crippen molar-refractivity contribution < 1.29 is 4.79 Å². The van der Waals surface area contributed by atoms with Crippen molar-refractivity contribution in [3.63, 3.8) is 0 Å². The van der Waals surface area contributed by atoms with Crippen molar-refractivity contribution in [3.05, 3.63) is 18.2 Å². The minimum Gasteiger partial charge on any atom is -0.341 e. The normalized spacial score (nSPS) is 29.1. The molecule has 5 nitrogen and oxygen atoms in total. The molecule has 2 aliphatic heterocycles. The van der Waals surface area contributed by atoms with Crippen LogP contribution in [0.15, 0.2) is 12.5 Å². The number of nitrogens with zero attached hydrogens (tertiary/aromatic N) is 2. The summed E-state index contributed by atoms with van der Waals surface area (Å²) >= 11 is 0. The number of aromatic nitrogens is 2. The molecule has 0 bridgehead atoms. The number of rotatable bonds is 1. The highest BCUT2D eigenvalue weighted by molar-refractivity contribution is 5.92. The molecule has 0 spiro atoms. The van der Waals surface area contributed by atoms with Gasteiger partial charge in [0, 0.05) is 19.1 Å². The zero-order chi connectivity index (χ0) is 11.0. The van der Waals surface area contributed by atoms with Gasteiger partial charge in [0.1, 0.15) is 5.69 Å². The number of hydrogen-bond acceptors (Lipinski definition) is 3. The van der Waals surface area contributed by atoms with E-state index in [4.69, 9.17) is 0 Å². The van der Waals surface area contributed by atoms with Crippen molar-refractivity contribution >= 4 is 5.91 Å². The van der Waals surface area contributed by atoms with E-state index >= 15 is 0 Å². The molecule has 2 unspecified atom stereocenters. The third kappa shape index (κ3) is 1.61. The van der Waals surface area contributed by atoms with Crippen LogP contribution < -0.4 is 5.32 Å². The summed E-state index contributed by atoms with van der Waals surface area (Å²) in [4.78, 5) is 20.8. The van der Waals surface area contributed by atoms with E-state index in [1.54, 1.807) is 12.5 Å². The highest BCUT2D eigenvalue weighted by Gasteiger charge is 2.36. The molecule has 16 heavy (non-hydrogen) atoms. The second kappa shape index (κ2) is 3.90. The summed E-state index contributed by atoms with van der Waals surface area (Å²) in [6.07, 6.45) is 5.62. The van der Waals surface area contributed by atoms with Gasteiger partial charge in [-0.3, -0.25) is 4.79 Å². The maximum absolute atomic E-state index is 12.1. The Kier molecular flexibility index (Phi) is 2.40. The van der Waals surface area contributed by atoms with Crippen molar-refractivity contribution in [3.8, 4) is 0 Å². The highest BCUT2D eigenvalue weighted by Crippen LogP contribution is 2.25. The minimum absolute atomic E-state index is 0.0775. The Hall–Kier alpha value is -1.36. The topological polar surface area (TPSA) is 61.0 Å². The van der Waals surface area contributed by atoms with Gasteiger partial charge in [0.05, 0.1) is 12.5 Å². The molecule has 0 aromatic carbocycles. The molecule has 1 aromatic heterocycles. The molecule has 0 saturated carbocycles. The number of hydrogen-bond donors (Lipinski definition) is 2. The number of imidazole rings is 1. The standard InChI is InChI=1S/C11H16N4O/c16-11(9-4-12-7-14-9)15-5-8-2-1-3-13-10(8)6-15/h4,7-8,10,13H,1-3,5-6H2,(H,12,14). The fraction of sp³-hybridized carbons (Fsp3) is 0.636. The van der Waals surface area contributed by atoms with Gasteiger partial charge in [-0.25, -0.2) is 4.98 Å². The van der Waals surface area contributed by atoms with Gasteiger partial charge in [-0.05, 0) is 25.3 Å². The minimum atomic E-state index is 0.0775. The number of carbonyl (C=O) groups excluding carboxylic acids is 1. The Bertz CT molecular complexity index is 361. The Labute approximate surface area is 94.2 Å². The molecule has 1 amide bonds. The van der Waals surface area contributed by atoms with E-state index in [-0.39, 0.29) is 5.91 Å². The van der Waals surface area contributed by atoms with Crippen LogP contribution in [0.2, 0.25) is 0 Å². The van der Waals surface area contributed by atoms with Crippen LogP contribution >= 0.6 is 0 Å². The van der Waals surface area contributed by atoms with Gasteiger partial charge in [-0.2, -0.15) is 0 Å². The summed E-state index contributed by atoms with van der Waals surface area (Å²) in [5.41, 5.74) is 0.596. The largest absolute Gasteiger partial charge is 0.341 e. The first-order valence-electron chi connectivity index (χ1n) is 5.85. The van der Waals surface area contributed by atoms with Crippen LogP contribution in [0.25, 0.3) is 0 Å². The Morgan fingerprint density at radius 1 is 1.50 bits per heavy atom. The lowest BCUT2D eigenvalue weighted by Gasteiger charge is -2.24. The first-order chi connectivity index (χ1) is 7.84. The fourth-order valence-corrected chi connectivity index (χ4v) is 2.76. The first-order valence-corrected chi connectivity index (χ1v) is 5.85. The zero-order valence-electron chi connectivity index (χ0n) is 9.15. The van der Waals surface area contributed by atoms with Gasteiger partial charge in [-0.15, -0.1) is 0 Å². The van der Waals surface area contributed by atoms with Crippen molar-refractivity contribution in [2.75, 3.05) is 19.6 Å². The lowest BCUT2D eigenvalue weighted by Crippen LogP contribution is -2.41. The lowest BCUT2D eigenvalue weighted by molar-refractivity contribution is 0.0780. The molecule has 1 aromatic rings. The predicted octanol–water partition coefficient (Wildman–Crippen LogP) is 0.234. The molecular weight excluding hydrogens is 204 g/mol. The van der Waals surface area contributed by atoms with Crippen molar-refractivity contribution in [1.82, 2.24) is 20.2 Å². The molecule has 3 heterocycles. The third-order valence-electron chi connectivity index (χ3n) is 3.62. The summed E-state index contributed by atoms with van der Waals surface area (Å²) < 4.78 is 0. The van der Waals surface area contributed by atoms with Gasteiger partial charge in [-0.1, -0.05) is 0 Å². The van der Waals surface area contributed by atoms with Crippen molar-refractivity contribution in [2.45, 2.75) is 18.9 Å². The monoisotopic (exact) mass is 220 g/mol. The average Bonchev–Trinajstić information content (AvgIpc) is 2.97. The Balaban J connectivity index is 1.71. The summed E-state index contributed by atoms with van der Waals surface area (Å²) in [5.74, 6) is 0.717. The second-order valence-corrected chi connectivity index (χ2v) is 4.64. The van der Waals surface area contributed by atoms with Gasteiger partial charge in [0.2, 0.25) is 0 Å². The molecule has 3 rings (SSSR count). The molecular formula is C11H16N4O. The van der Waals surface area contributed by atoms with E-state index in [1.165, 1.54) is 12.8 Å². The predicted molar refractivity (Wildman–Crippen MR) is 59.0 cm³/mol. The van der Waals surface area contributed by atoms with Gasteiger partial charge < -0.3 is 15.2 Å². The van der Waals surface area contributed by atoms with E-state index in [0.717, 1.165) is 19.6 Å². The van der Waals surface area contributed by atoms with Gasteiger partial charge in [0.15, 0.2) is 0 Å². The Morgan fingerprint density at radius 3 is 3.19 bits per heavy atom. The van der Waals surface area contributed by atoms with E-state index in [1.807, 2.05) is 4.90 Å². The quantitative estimate of drug-likeness (QED) is 0.712. The number of carbonyl (C=O) groups is 1. The van der Waals surface area contributed by atoms with E-state index in [2.05, 4.69) is 15.3 Å². The van der Waals surface area contributed by atoms with Crippen LogP contribution in [0.1, 0.15) is 23.3 Å². The number of amides is 1. The van der Waals surface area contributed by atoms with Crippen LogP contribution in [-0.4, -0.2) is 46.5 Å². The summed E-state index contributed by atoms with van der Waals surface area (Å²) in [6.45, 7) is 2.81. The van der Waals surface area contributed by atoms with E-state index < -0.39 is 0 Å². The highest BCUT2D eigenvalue weighted by atomic mass is 16.2. The number of nitrogens with one attached hydrogen (secondary N) is 2.